The SMILES string of the molecule is NC(=O)c1ccnc(NCCCN2CCCC(COc3ccc(F)cc3)C2)n1. The molecule has 1 aromatic carbocycles. The van der Waals surface area contributed by atoms with E-state index in [2.05, 4.69) is 20.2 Å². The number of carbonyl (C=O) groups excluding carboxylic acids is 1. The number of likely N-dealkylation sites (tertiary alicyclic amines) is 1. The van der Waals surface area contributed by atoms with Gasteiger partial charge >= 0.3 is 0 Å². The lowest BCUT2D eigenvalue weighted by molar-refractivity contribution is 0.0995. The van der Waals surface area contributed by atoms with Crippen LogP contribution in [0.1, 0.15) is 29.8 Å². The van der Waals surface area contributed by atoms with Crippen LogP contribution in [0, 0.1) is 11.7 Å². The molecule has 0 radical (unpaired) electrons. The summed E-state index contributed by atoms with van der Waals surface area (Å²) < 4.78 is 18.8. The van der Waals surface area contributed by atoms with E-state index in [4.69, 9.17) is 10.5 Å². The lowest BCUT2D eigenvalue weighted by Crippen LogP contribution is -2.38. The predicted octanol–water partition coefficient (Wildman–Crippen LogP) is 2.31. The summed E-state index contributed by atoms with van der Waals surface area (Å²) >= 11 is 0. The molecule has 8 heteroatoms. The fraction of sp³-hybridized carbons (Fsp3) is 0.450. The van der Waals surface area contributed by atoms with Crippen molar-refractivity contribution in [3.63, 3.8) is 0 Å². The second kappa shape index (κ2) is 9.98. The van der Waals surface area contributed by atoms with Gasteiger partial charge in [0.1, 0.15) is 17.3 Å². The topological polar surface area (TPSA) is 93.4 Å². The van der Waals surface area contributed by atoms with Crippen LogP contribution in [-0.2, 0) is 0 Å². The highest BCUT2D eigenvalue weighted by Gasteiger charge is 2.20. The number of anilines is 1. The van der Waals surface area contributed by atoms with Crippen molar-refractivity contribution >= 4 is 11.9 Å². The third kappa shape index (κ3) is 6.16. The molecule has 2 heterocycles. The fourth-order valence-electron chi connectivity index (χ4n) is 3.32. The van der Waals surface area contributed by atoms with Crippen molar-refractivity contribution in [2.24, 2.45) is 11.7 Å². The van der Waals surface area contributed by atoms with Gasteiger partial charge in [0.2, 0.25) is 5.95 Å². The molecule has 1 atom stereocenters. The zero-order valence-corrected chi connectivity index (χ0v) is 15.8. The Hall–Kier alpha value is -2.74. The normalized spacial score (nSPS) is 17.2. The third-order valence-electron chi connectivity index (χ3n) is 4.74. The van der Waals surface area contributed by atoms with Gasteiger partial charge < -0.3 is 20.7 Å². The Bertz CT molecular complexity index is 771. The molecule has 0 saturated carbocycles. The van der Waals surface area contributed by atoms with E-state index in [1.54, 1.807) is 12.1 Å². The molecule has 1 amide bonds. The van der Waals surface area contributed by atoms with E-state index >= 15 is 0 Å². The molecule has 1 unspecified atom stereocenters. The molecule has 2 aromatic rings. The number of ether oxygens (including phenoxy) is 1. The number of nitrogens with one attached hydrogen (secondary N) is 1. The average Bonchev–Trinajstić information content (AvgIpc) is 2.71. The van der Waals surface area contributed by atoms with Gasteiger partial charge in [-0.05, 0) is 62.7 Å². The lowest BCUT2D eigenvalue weighted by atomic mass is 9.99. The minimum Gasteiger partial charge on any atom is -0.493 e. The highest BCUT2D eigenvalue weighted by atomic mass is 19.1. The van der Waals surface area contributed by atoms with E-state index in [9.17, 15) is 9.18 Å². The summed E-state index contributed by atoms with van der Waals surface area (Å²) in [6, 6.07) is 7.65. The lowest BCUT2D eigenvalue weighted by Gasteiger charge is -2.32. The highest BCUT2D eigenvalue weighted by Crippen LogP contribution is 2.19. The molecule has 150 valence electrons. The first kappa shape index (κ1) is 20.0. The zero-order valence-electron chi connectivity index (χ0n) is 15.8. The van der Waals surface area contributed by atoms with Crippen molar-refractivity contribution in [3.05, 3.63) is 48.0 Å². The summed E-state index contributed by atoms with van der Waals surface area (Å²) in [5, 5.41) is 3.13. The van der Waals surface area contributed by atoms with Gasteiger partial charge in [-0.3, -0.25) is 4.79 Å². The van der Waals surface area contributed by atoms with Crippen LogP contribution < -0.4 is 15.8 Å². The summed E-state index contributed by atoms with van der Waals surface area (Å²) in [5.41, 5.74) is 5.43. The highest BCUT2D eigenvalue weighted by molar-refractivity contribution is 5.90. The molecule has 3 rings (SSSR count). The van der Waals surface area contributed by atoms with Crippen LogP contribution in [0.4, 0.5) is 10.3 Å². The monoisotopic (exact) mass is 387 g/mol. The number of benzene rings is 1. The third-order valence-corrected chi connectivity index (χ3v) is 4.74. The number of nitrogens with zero attached hydrogens (tertiary/aromatic N) is 3. The summed E-state index contributed by atoms with van der Waals surface area (Å²) in [7, 11) is 0. The molecular weight excluding hydrogens is 361 g/mol. The zero-order chi connectivity index (χ0) is 19.8. The van der Waals surface area contributed by atoms with Crippen molar-refractivity contribution in [2.75, 3.05) is 38.1 Å². The van der Waals surface area contributed by atoms with Crippen molar-refractivity contribution < 1.29 is 13.9 Å². The van der Waals surface area contributed by atoms with E-state index < -0.39 is 5.91 Å². The Balaban J connectivity index is 1.36. The van der Waals surface area contributed by atoms with Crippen LogP contribution in [0.3, 0.4) is 0 Å². The van der Waals surface area contributed by atoms with Crippen molar-refractivity contribution in [3.8, 4) is 5.75 Å². The molecule has 0 spiro atoms. The van der Waals surface area contributed by atoms with E-state index in [1.807, 2.05) is 0 Å². The largest absolute Gasteiger partial charge is 0.493 e. The van der Waals surface area contributed by atoms with Crippen molar-refractivity contribution in [1.29, 1.82) is 0 Å². The van der Waals surface area contributed by atoms with Gasteiger partial charge in [-0.15, -0.1) is 0 Å². The number of halogens is 1. The number of hydrogen-bond donors (Lipinski definition) is 2. The summed E-state index contributed by atoms with van der Waals surface area (Å²) in [5.74, 6) is 0.785. The number of carbonyl (C=O) groups is 1. The van der Waals surface area contributed by atoms with Gasteiger partial charge in [0.15, 0.2) is 0 Å². The second-order valence-corrected chi connectivity index (χ2v) is 6.98. The molecule has 0 bridgehead atoms. The Kier molecular flexibility index (Phi) is 7.13. The molecule has 0 aliphatic carbocycles. The first-order chi connectivity index (χ1) is 13.6. The van der Waals surface area contributed by atoms with Gasteiger partial charge in [-0.25, -0.2) is 14.4 Å². The Labute approximate surface area is 164 Å². The van der Waals surface area contributed by atoms with Gasteiger partial charge in [0.25, 0.3) is 5.91 Å². The number of hydrogen-bond acceptors (Lipinski definition) is 6. The molecular formula is C20H26FN5O2. The summed E-state index contributed by atoms with van der Waals surface area (Å²) in [4.78, 5) is 21.8. The van der Waals surface area contributed by atoms with E-state index in [0.29, 0.717) is 24.2 Å². The minimum atomic E-state index is -0.562. The summed E-state index contributed by atoms with van der Waals surface area (Å²) in [6.45, 7) is 4.41. The quantitative estimate of drug-likeness (QED) is 0.642. The maximum atomic E-state index is 12.9. The van der Waals surface area contributed by atoms with E-state index in [0.717, 1.165) is 45.4 Å². The van der Waals surface area contributed by atoms with Crippen LogP contribution in [0.25, 0.3) is 0 Å². The predicted molar refractivity (Wildman–Crippen MR) is 105 cm³/mol. The van der Waals surface area contributed by atoms with Gasteiger partial charge in [-0.2, -0.15) is 0 Å². The van der Waals surface area contributed by atoms with Crippen LogP contribution >= 0.6 is 0 Å². The number of piperidine rings is 1. The maximum absolute atomic E-state index is 12.9. The van der Waals surface area contributed by atoms with Gasteiger partial charge in [0, 0.05) is 25.2 Å². The van der Waals surface area contributed by atoms with Crippen molar-refractivity contribution in [1.82, 2.24) is 14.9 Å². The molecule has 1 aromatic heterocycles. The first-order valence-corrected chi connectivity index (χ1v) is 9.57. The molecule has 28 heavy (non-hydrogen) atoms. The van der Waals surface area contributed by atoms with Crippen LogP contribution in [0.2, 0.25) is 0 Å². The molecule has 1 fully saturated rings. The van der Waals surface area contributed by atoms with Crippen molar-refractivity contribution in [2.45, 2.75) is 19.3 Å². The number of amides is 1. The Morgan fingerprint density at radius 1 is 1.32 bits per heavy atom. The van der Waals surface area contributed by atoms with Gasteiger partial charge in [-0.1, -0.05) is 0 Å². The van der Waals surface area contributed by atoms with Crippen LogP contribution in [-0.4, -0.2) is 53.6 Å². The molecule has 1 aliphatic heterocycles. The van der Waals surface area contributed by atoms with Crippen LogP contribution in [0.5, 0.6) is 5.75 Å². The summed E-state index contributed by atoms with van der Waals surface area (Å²) in [6.07, 6.45) is 4.75. The Morgan fingerprint density at radius 2 is 2.14 bits per heavy atom. The number of nitrogens with two attached hydrogens (primary N) is 1. The average molecular weight is 387 g/mol. The maximum Gasteiger partial charge on any atom is 0.267 e. The van der Waals surface area contributed by atoms with E-state index in [-0.39, 0.29) is 11.5 Å². The molecule has 3 N–H and O–H groups in total. The van der Waals surface area contributed by atoms with E-state index in [1.165, 1.54) is 24.4 Å². The standard InChI is InChI=1S/C20H26FN5O2/c21-16-4-6-17(7-5-16)28-14-15-3-1-11-26(13-15)12-2-9-23-20-24-10-8-18(25-20)19(22)27/h4-8,10,15H,1-3,9,11-14H2,(H2,22,27)(H,23,24,25). The second-order valence-electron chi connectivity index (χ2n) is 6.98. The Morgan fingerprint density at radius 3 is 2.93 bits per heavy atom. The fourth-order valence-corrected chi connectivity index (χ4v) is 3.32. The number of rotatable bonds is 9. The first-order valence-electron chi connectivity index (χ1n) is 9.57. The minimum absolute atomic E-state index is 0.206. The van der Waals surface area contributed by atoms with Crippen LogP contribution in [0.15, 0.2) is 36.5 Å². The molecule has 1 saturated heterocycles. The molecule has 1 aliphatic rings. The smallest absolute Gasteiger partial charge is 0.267 e. The molecule has 7 nitrogen and oxygen atoms in total. The van der Waals surface area contributed by atoms with Gasteiger partial charge in [0.05, 0.1) is 6.61 Å². The number of primary amides is 1. The number of aromatic nitrogens is 2.